The molecule has 1 heterocycles. The molecule has 0 N–H and O–H groups in total. The fraction of sp³-hybridized carbons (Fsp3) is 0.667. The molecule has 1 rings (SSSR count). The van der Waals surface area contributed by atoms with Gasteiger partial charge in [-0.3, -0.25) is 9.69 Å². The number of nitrogens with zero attached hydrogens (tertiary/aromatic N) is 2. The topological polar surface area (TPSA) is 40.6 Å². The summed E-state index contributed by atoms with van der Waals surface area (Å²) in [4.78, 5) is 24.3. The Hall–Kier alpha value is -1.06. The van der Waals surface area contributed by atoms with E-state index in [1.165, 1.54) is 9.80 Å². The first kappa shape index (κ1) is 7.05. The molecule has 0 radical (unpaired) electrons. The average molecular weight is 142 g/mol. The standard InChI is InChI=1S/C6H10N2O2/c1-7(2)6(10)8-4-3-5(8)9/h3-4H2,1-2H3. The zero-order chi connectivity index (χ0) is 7.72. The lowest BCUT2D eigenvalue weighted by atomic mass is 10.2. The van der Waals surface area contributed by atoms with Crippen molar-refractivity contribution in [3.05, 3.63) is 0 Å². The van der Waals surface area contributed by atoms with Gasteiger partial charge in [-0.15, -0.1) is 0 Å². The van der Waals surface area contributed by atoms with E-state index in [1.807, 2.05) is 0 Å². The van der Waals surface area contributed by atoms with Crippen LogP contribution in [0.1, 0.15) is 6.42 Å². The van der Waals surface area contributed by atoms with E-state index in [-0.39, 0.29) is 11.9 Å². The Labute approximate surface area is 59.4 Å². The maximum absolute atomic E-state index is 11.0. The number of β-lactam (4-membered cyclic amide) rings is 1. The van der Waals surface area contributed by atoms with Crippen LogP contribution in [-0.4, -0.2) is 42.4 Å². The highest BCUT2D eigenvalue weighted by atomic mass is 16.2. The van der Waals surface area contributed by atoms with Gasteiger partial charge in [-0.2, -0.15) is 0 Å². The van der Waals surface area contributed by atoms with Crippen molar-refractivity contribution in [1.29, 1.82) is 0 Å². The third kappa shape index (κ3) is 0.964. The van der Waals surface area contributed by atoms with Gasteiger partial charge < -0.3 is 4.90 Å². The van der Waals surface area contributed by atoms with Crippen molar-refractivity contribution in [2.75, 3.05) is 20.6 Å². The van der Waals surface area contributed by atoms with Gasteiger partial charge in [0.2, 0.25) is 5.91 Å². The Morgan fingerprint density at radius 3 is 2.30 bits per heavy atom. The Morgan fingerprint density at radius 2 is 2.20 bits per heavy atom. The molecule has 3 amide bonds. The molecule has 0 aromatic rings. The lowest BCUT2D eigenvalue weighted by Gasteiger charge is -2.30. The summed E-state index contributed by atoms with van der Waals surface area (Å²) in [5, 5.41) is 0. The van der Waals surface area contributed by atoms with Crippen molar-refractivity contribution in [3.63, 3.8) is 0 Å². The van der Waals surface area contributed by atoms with Gasteiger partial charge in [-0.1, -0.05) is 0 Å². The molecular weight excluding hydrogens is 132 g/mol. The molecule has 0 atom stereocenters. The molecule has 1 fully saturated rings. The maximum atomic E-state index is 11.0. The van der Waals surface area contributed by atoms with Crippen LogP contribution in [0.25, 0.3) is 0 Å². The Kier molecular flexibility index (Phi) is 1.61. The first-order valence-electron chi connectivity index (χ1n) is 3.14. The van der Waals surface area contributed by atoms with Crippen LogP contribution in [0.15, 0.2) is 0 Å². The van der Waals surface area contributed by atoms with Gasteiger partial charge in [0, 0.05) is 27.1 Å². The van der Waals surface area contributed by atoms with Crippen molar-refractivity contribution < 1.29 is 9.59 Å². The Morgan fingerprint density at radius 1 is 1.60 bits per heavy atom. The second-order valence-corrected chi connectivity index (χ2v) is 2.47. The summed E-state index contributed by atoms with van der Waals surface area (Å²) in [6, 6.07) is -0.212. The molecule has 4 nitrogen and oxygen atoms in total. The molecule has 0 aromatic heterocycles. The first-order chi connectivity index (χ1) is 4.63. The minimum absolute atomic E-state index is 0.0706. The minimum atomic E-state index is -0.212. The summed E-state index contributed by atoms with van der Waals surface area (Å²) in [5.74, 6) is -0.0706. The smallest absolute Gasteiger partial charge is 0.326 e. The quantitative estimate of drug-likeness (QED) is 0.443. The number of carbonyl (C=O) groups excluding carboxylic acids is 2. The van der Waals surface area contributed by atoms with Crippen molar-refractivity contribution in [2.45, 2.75) is 6.42 Å². The summed E-state index contributed by atoms with van der Waals surface area (Å²) < 4.78 is 0. The van der Waals surface area contributed by atoms with E-state index in [0.29, 0.717) is 13.0 Å². The molecule has 0 unspecified atom stereocenters. The normalized spacial score (nSPS) is 16.6. The number of hydrogen-bond acceptors (Lipinski definition) is 2. The van der Waals surface area contributed by atoms with E-state index in [2.05, 4.69) is 0 Å². The first-order valence-corrected chi connectivity index (χ1v) is 3.14. The second-order valence-electron chi connectivity index (χ2n) is 2.47. The average Bonchev–Trinajstić information content (AvgIpc) is 1.84. The predicted molar refractivity (Wildman–Crippen MR) is 35.4 cm³/mol. The van der Waals surface area contributed by atoms with Crippen molar-refractivity contribution in [1.82, 2.24) is 9.80 Å². The summed E-state index contributed by atoms with van der Waals surface area (Å²) >= 11 is 0. The van der Waals surface area contributed by atoms with Gasteiger partial charge in [-0.05, 0) is 0 Å². The summed E-state index contributed by atoms with van der Waals surface area (Å²) in [5.41, 5.74) is 0. The van der Waals surface area contributed by atoms with E-state index in [0.717, 1.165) is 0 Å². The van der Waals surface area contributed by atoms with Crippen LogP contribution in [0.3, 0.4) is 0 Å². The van der Waals surface area contributed by atoms with E-state index in [9.17, 15) is 9.59 Å². The number of likely N-dealkylation sites (tertiary alicyclic amines) is 1. The van der Waals surface area contributed by atoms with Crippen LogP contribution in [-0.2, 0) is 4.79 Å². The third-order valence-electron chi connectivity index (χ3n) is 1.46. The maximum Gasteiger partial charge on any atom is 0.326 e. The van der Waals surface area contributed by atoms with Gasteiger partial charge in [0.15, 0.2) is 0 Å². The summed E-state index contributed by atoms with van der Waals surface area (Å²) in [6.45, 7) is 0.579. The minimum Gasteiger partial charge on any atom is -0.330 e. The monoisotopic (exact) mass is 142 g/mol. The molecule has 1 aliphatic heterocycles. The number of rotatable bonds is 0. The number of carbonyl (C=O) groups is 2. The number of urea groups is 1. The fourth-order valence-corrected chi connectivity index (χ4v) is 0.759. The van der Waals surface area contributed by atoms with Gasteiger partial charge >= 0.3 is 6.03 Å². The summed E-state index contributed by atoms with van der Waals surface area (Å²) in [6.07, 6.45) is 0.513. The Balaban J connectivity index is 2.50. The Bertz CT molecular complexity index is 177. The molecule has 56 valence electrons. The summed E-state index contributed by atoms with van der Waals surface area (Å²) in [7, 11) is 3.27. The predicted octanol–water partition coefficient (Wildman–Crippen LogP) is -0.0997. The largest absolute Gasteiger partial charge is 0.330 e. The second kappa shape index (κ2) is 2.28. The molecule has 4 heteroatoms. The molecule has 0 saturated carbocycles. The van der Waals surface area contributed by atoms with Crippen LogP contribution in [0.4, 0.5) is 4.79 Å². The molecule has 0 spiro atoms. The van der Waals surface area contributed by atoms with E-state index in [4.69, 9.17) is 0 Å². The van der Waals surface area contributed by atoms with Crippen molar-refractivity contribution in [2.24, 2.45) is 0 Å². The van der Waals surface area contributed by atoms with Crippen LogP contribution in [0.2, 0.25) is 0 Å². The third-order valence-corrected chi connectivity index (χ3v) is 1.46. The van der Waals surface area contributed by atoms with Gasteiger partial charge in [0.25, 0.3) is 0 Å². The van der Waals surface area contributed by atoms with Crippen LogP contribution >= 0.6 is 0 Å². The molecule has 0 aromatic carbocycles. The van der Waals surface area contributed by atoms with Crippen molar-refractivity contribution in [3.8, 4) is 0 Å². The molecule has 1 saturated heterocycles. The van der Waals surface area contributed by atoms with Crippen LogP contribution < -0.4 is 0 Å². The highest BCUT2D eigenvalue weighted by Gasteiger charge is 2.30. The number of amides is 3. The molecular formula is C6H10N2O2. The van der Waals surface area contributed by atoms with Crippen LogP contribution in [0.5, 0.6) is 0 Å². The molecule has 0 bridgehead atoms. The van der Waals surface area contributed by atoms with E-state index < -0.39 is 0 Å². The SMILES string of the molecule is CN(C)C(=O)N1CCC1=O. The molecule has 0 aliphatic carbocycles. The fourth-order valence-electron chi connectivity index (χ4n) is 0.759. The van der Waals surface area contributed by atoms with E-state index >= 15 is 0 Å². The van der Waals surface area contributed by atoms with E-state index in [1.54, 1.807) is 14.1 Å². The zero-order valence-corrected chi connectivity index (χ0v) is 6.13. The number of imide groups is 1. The van der Waals surface area contributed by atoms with Gasteiger partial charge in [0.05, 0.1) is 0 Å². The number of hydrogen-bond donors (Lipinski definition) is 0. The van der Waals surface area contributed by atoms with Crippen molar-refractivity contribution >= 4 is 11.9 Å². The van der Waals surface area contributed by atoms with Gasteiger partial charge in [0.1, 0.15) is 0 Å². The molecule has 1 aliphatic rings. The zero-order valence-electron chi connectivity index (χ0n) is 6.13. The lowest BCUT2D eigenvalue weighted by Crippen LogP contribution is -2.51. The molecule has 10 heavy (non-hydrogen) atoms. The highest BCUT2D eigenvalue weighted by Crippen LogP contribution is 2.09. The highest BCUT2D eigenvalue weighted by molar-refractivity contribution is 5.98. The van der Waals surface area contributed by atoms with Gasteiger partial charge in [-0.25, -0.2) is 4.79 Å². The van der Waals surface area contributed by atoms with Crippen LogP contribution in [0, 0.1) is 0 Å². The lowest BCUT2D eigenvalue weighted by molar-refractivity contribution is -0.136.